The van der Waals surface area contributed by atoms with E-state index in [2.05, 4.69) is 5.32 Å². The van der Waals surface area contributed by atoms with Crippen molar-refractivity contribution in [2.75, 3.05) is 5.32 Å². The third kappa shape index (κ3) is 4.62. The lowest BCUT2D eigenvalue weighted by Gasteiger charge is -2.12. The molecule has 0 aliphatic rings. The molecule has 2 aromatic rings. The van der Waals surface area contributed by atoms with Crippen LogP contribution in [0.4, 0.5) is 5.69 Å². The summed E-state index contributed by atoms with van der Waals surface area (Å²) in [5.74, 6) is -0.350. The van der Waals surface area contributed by atoms with Gasteiger partial charge in [0.25, 0.3) is 0 Å². The van der Waals surface area contributed by atoms with Crippen LogP contribution in [0.2, 0.25) is 0 Å². The number of alkyl halides is 2. The van der Waals surface area contributed by atoms with Crippen molar-refractivity contribution in [1.29, 1.82) is 0 Å². The number of benzene rings is 2. The first kappa shape index (κ1) is 15.6. The first-order valence-electron chi connectivity index (χ1n) is 6.49. The third-order valence-electron chi connectivity index (χ3n) is 2.92. The van der Waals surface area contributed by atoms with Crippen molar-refractivity contribution in [3.05, 3.63) is 71.8 Å². The fraction of sp³-hybridized carbons (Fsp3) is 0.118. The lowest BCUT2D eigenvalue weighted by Crippen LogP contribution is -2.08. The van der Waals surface area contributed by atoms with Gasteiger partial charge in [-0.2, -0.15) is 0 Å². The molecule has 0 bridgehead atoms. The summed E-state index contributed by atoms with van der Waals surface area (Å²) in [6.45, 7) is 2.02. The fourth-order valence-corrected chi connectivity index (χ4v) is 1.93. The van der Waals surface area contributed by atoms with Crippen LogP contribution in [0.3, 0.4) is 0 Å². The first-order valence-corrected chi connectivity index (χ1v) is 7.36. The van der Waals surface area contributed by atoms with Gasteiger partial charge >= 0.3 is 0 Å². The monoisotopic (exact) mass is 319 g/mol. The average Bonchev–Trinajstić information content (AvgIpc) is 2.49. The van der Waals surface area contributed by atoms with Crippen LogP contribution in [0.25, 0.3) is 5.70 Å². The van der Waals surface area contributed by atoms with E-state index < -0.39 is 4.84 Å². The van der Waals surface area contributed by atoms with Gasteiger partial charge in [0, 0.05) is 17.5 Å². The van der Waals surface area contributed by atoms with Crippen molar-refractivity contribution in [3.63, 3.8) is 0 Å². The SMILES string of the molecule is Cc1ccc(N/C(=C/C(=O)C(Cl)Cl)c2ccccc2)cc1. The molecule has 0 spiro atoms. The number of hydrogen-bond acceptors (Lipinski definition) is 2. The van der Waals surface area contributed by atoms with E-state index in [1.165, 1.54) is 11.6 Å². The number of allylic oxidation sites excluding steroid dienone is 1. The molecule has 2 rings (SSSR count). The van der Waals surface area contributed by atoms with Crippen LogP contribution in [-0.2, 0) is 4.79 Å². The van der Waals surface area contributed by atoms with Crippen LogP contribution >= 0.6 is 23.2 Å². The van der Waals surface area contributed by atoms with E-state index in [9.17, 15) is 4.79 Å². The number of carbonyl (C=O) groups excluding carboxylic acids is 1. The van der Waals surface area contributed by atoms with Crippen molar-refractivity contribution in [3.8, 4) is 0 Å². The molecule has 2 nitrogen and oxygen atoms in total. The Morgan fingerprint density at radius 2 is 1.67 bits per heavy atom. The van der Waals surface area contributed by atoms with Crippen molar-refractivity contribution in [1.82, 2.24) is 0 Å². The van der Waals surface area contributed by atoms with Crippen molar-refractivity contribution in [2.24, 2.45) is 0 Å². The van der Waals surface area contributed by atoms with Gasteiger partial charge in [-0.25, -0.2) is 0 Å². The van der Waals surface area contributed by atoms with Gasteiger partial charge in [-0.1, -0.05) is 71.2 Å². The van der Waals surface area contributed by atoms with Gasteiger partial charge in [-0.05, 0) is 24.6 Å². The van der Waals surface area contributed by atoms with Crippen LogP contribution in [-0.4, -0.2) is 10.6 Å². The smallest absolute Gasteiger partial charge is 0.190 e. The number of halogens is 2. The zero-order valence-electron chi connectivity index (χ0n) is 11.5. The summed E-state index contributed by atoms with van der Waals surface area (Å²) in [6, 6.07) is 17.5. The van der Waals surface area contributed by atoms with Gasteiger partial charge in [0.1, 0.15) is 0 Å². The lowest BCUT2D eigenvalue weighted by molar-refractivity contribution is -0.113. The zero-order valence-corrected chi connectivity index (χ0v) is 13.0. The van der Waals surface area contributed by atoms with E-state index >= 15 is 0 Å². The quantitative estimate of drug-likeness (QED) is 0.632. The minimum Gasteiger partial charge on any atom is -0.355 e. The molecule has 108 valence electrons. The van der Waals surface area contributed by atoms with Crippen LogP contribution in [0.1, 0.15) is 11.1 Å². The summed E-state index contributed by atoms with van der Waals surface area (Å²) in [7, 11) is 0. The van der Waals surface area contributed by atoms with E-state index in [-0.39, 0.29) is 5.78 Å². The number of nitrogens with one attached hydrogen (secondary N) is 1. The molecule has 0 fully saturated rings. The molecule has 0 heterocycles. The molecular formula is C17H15Cl2NO. The van der Waals surface area contributed by atoms with E-state index in [0.29, 0.717) is 5.70 Å². The Balaban J connectivity index is 2.32. The Bertz CT molecular complexity index is 634. The molecule has 0 atom stereocenters. The Hall–Kier alpha value is -1.77. The summed E-state index contributed by atoms with van der Waals surface area (Å²) in [5.41, 5.74) is 3.61. The van der Waals surface area contributed by atoms with Crippen LogP contribution in [0.15, 0.2) is 60.7 Å². The minimum atomic E-state index is -1.07. The van der Waals surface area contributed by atoms with E-state index in [0.717, 1.165) is 11.3 Å². The highest BCUT2D eigenvalue weighted by Crippen LogP contribution is 2.20. The molecule has 1 N–H and O–H groups in total. The predicted molar refractivity (Wildman–Crippen MR) is 89.7 cm³/mol. The van der Waals surface area contributed by atoms with Gasteiger partial charge < -0.3 is 5.32 Å². The number of hydrogen-bond donors (Lipinski definition) is 1. The number of ketones is 1. The van der Waals surface area contributed by atoms with Gasteiger partial charge in [0.15, 0.2) is 10.6 Å². The second kappa shape index (κ2) is 7.30. The Labute approximate surface area is 134 Å². The van der Waals surface area contributed by atoms with Gasteiger partial charge in [0.05, 0.1) is 0 Å². The third-order valence-corrected chi connectivity index (χ3v) is 3.35. The highest BCUT2D eigenvalue weighted by molar-refractivity contribution is 6.55. The summed E-state index contributed by atoms with van der Waals surface area (Å²) < 4.78 is 0. The van der Waals surface area contributed by atoms with Crippen molar-refractivity contribution < 1.29 is 4.79 Å². The Morgan fingerprint density at radius 1 is 1.05 bits per heavy atom. The summed E-state index contributed by atoms with van der Waals surface area (Å²) in [4.78, 5) is 10.7. The molecule has 21 heavy (non-hydrogen) atoms. The lowest BCUT2D eigenvalue weighted by atomic mass is 10.1. The Morgan fingerprint density at radius 3 is 2.24 bits per heavy atom. The molecule has 0 radical (unpaired) electrons. The number of aryl methyl sites for hydroxylation is 1. The van der Waals surface area contributed by atoms with Crippen molar-refractivity contribution >= 4 is 40.4 Å². The normalized spacial score (nSPS) is 11.5. The van der Waals surface area contributed by atoms with Crippen molar-refractivity contribution in [2.45, 2.75) is 11.8 Å². The number of rotatable bonds is 5. The second-order valence-electron chi connectivity index (χ2n) is 4.62. The maximum Gasteiger partial charge on any atom is 0.190 e. The van der Waals surface area contributed by atoms with Crippen LogP contribution in [0.5, 0.6) is 0 Å². The Kier molecular flexibility index (Phi) is 5.43. The topological polar surface area (TPSA) is 29.1 Å². The largest absolute Gasteiger partial charge is 0.355 e. The minimum absolute atomic E-state index is 0.350. The van der Waals surface area contributed by atoms with E-state index in [1.54, 1.807) is 0 Å². The van der Waals surface area contributed by atoms with Gasteiger partial charge in [0.2, 0.25) is 0 Å². The zero-order chi connectivity index (χ0) is 15.2. The summed E-state index contributed by atoms with van der Waals surface area (Å²) in [5, 5.41) is 3.23. The molecule has 0 aromatic heterocycles. The fourth-order valence-electron chi connectivity index (χ4n) is 1.81. The molecule has 0 amide bonds. The first-order chi connectivity index (χ1) is 10.1. The standard InChI is InChI=1S/C17H15Cl2NO/c1-12-7-9-14(10-8-12)20-15(11-16(21)17(18)19)13-5-3-2-4-6-13/h2-11,17,20H,1H3/b15-11+. The molecule has 2 aromatic carbocycles. The average molecular weight is 320 g/mol. The molecule has 4 heteroatoms. The maximum atomic E-state index is 11.8. The van der Waals surface area contributed by atoms with E-state index in [4.69, 9.17) is 23.2 Å². The molecule has 0 aliphatic heterocycles. The number of anilines is 1. The molecule has 0 saturated carbocycles. The highest BCUT2D eigenvalue weighted by Gasteiger charge is 2.11. The molecule has 0 unspecified atom stereocenters. The highest BCUT2D eigenvalue weighted by atomic mass is 35.5. The van der Waals surface area contributed by atoms with Crippen LogP contribution in [0, 0.1) is 6.92 Å². The summed E-state index contributed by atoms with van der Waals surface area (Å²) in [6.07, 6.45) is 1.43. The van der Waals surface area contributed by atoms with Gasteiger partial charge in [-0.3, -0.25) is 4.79 Å². The van der Waals surface area contributed by atoms with Gasteiger partial charge in [-0.15, -0.1) is 0 Å². The van der Waals surface area contributed by atoms with Crippen LogP contribution < -0.4 is 5.32 Å². The predicted octanol–water partition coefficient (Wildman–Crippen LogP) is 4.82. The molecular weight excluding hydrogens is 305 g/mol. The molecule has 0 aliphatic carbocycles. The summed E-state index contributed by atoms with van der Waals surface area (Å²) >= 11 is 11.3. The molecule has 0 saturated heterocycles. The second-order valence-corrected chi connectivity index (χ2v) is 5.71. The maximum absolute atomic E-state index is 11.8. The number of carbonyl (C=O) groups is 1. The van der Waals surface area contributed by atoms with E-state index in [1.807, 2.05) is 61.5 Å².